The van der Waals surface area contributed by atoms with Gasteiger partial charge >= 0.3 is 5.97 Å². The van der Waals surface area contributed by atoms with E-state index in [-0.39, 0.29) is 0 Å². The van der Waals surface area contributed by atoms with Gasteiger partial charge in [0.05, 0.1) is 12.3 Å². The predicted octanol–water partition coefficient (Wildman–Crippen LogP) is 4.60. The van der Waals surface area contributed by atoms with Crippen molar-refractivity contribution >= 4 is 17.4 Å². The van der Waals surface area contributed by atoms with E-state index in [0.29, 0.717) is 18.7 Å². The minimum absolute atomic E-state index is 0.332. The van der Waals surface area contributed by atoms with E-state index in [1.54, 1.807) is 6.92 Å². The molecule has 1 N–H and O–H groups in total. The van der Waals surface area contributed by atoms with Crippen molar-refractivity contribution in [1.82, 2.24) is 0 Å². The molecule has 0 atom stereocenters. The molecule has 0 aliphatic rings. The van der Waals surface area contributed by atoms with E-state index < -0.39 is 5.97 Å². The molecule has 0 aliphatic heterocycles. The number of esters is 1. The lowest BCUT2D eigenvalue weighted by Gasteiger charge is -2.08. The average molecular weight is 338 g/mol. The summed E-state index contributed by atoms with van der Waals surface area (Å²) in [5.74, 6) is -0.390. The molecule has 0 unspecified atom stereocenters. The van der Waals surface area contributed by atoms with Gasteiger partial charge in [-0.15, -0.1) is 0 Å². The van der Waals surface area contributed by atoms with Gasteiger partial charge in [-0.1, -0.05) is 55.8 Å². The van der Waals surface area contributed by atoms with E-state index in [1.807, 2.05) is 42.5 Å². The van der Waals surface area contributed by atoms with Gasteiger partial charge in [-0.05, 0) is 43.0 Å². The van der Waals surface area contributed by atoms with Crippen LogP contribution < -0.4 is 5.43 Å². The lowest BCUT2D eigenvalue weighted by Crippen LogP contribution is -2.21. The van der Waals surface area contributed by atoms with Crippen LogP contribution in [0, 0.1) is 0 Å². The Morgan fingerprint density at radius 2 is 1.72 bits per heavy atom. The first-order valence-corrected chi connectivity index (χ1v) is 8.85. The van der Waals surface area contributed by atoms with Gasteiger partial charge in [0, 0.05) is 6.42 Å². The van der Waals surface area contributed by atoms with Gasteiger partial charge in [0.25, 0.3) is 0 Å². The van der Waals surface area contributed by atoms with E-state index in [2.05, 4.69) is 29.6 Å². The van der Waals surface area contributed by atoms with Crippen molar-refractivity contribution in [1.29, 1.82) is 0 Å². The molecule has 0 aromatic heterocycles. The summed E-state index contributed by atoms with van der Waals surface area (Å²) in [6.07, 6.45) is 3.89. The van der Waals surface area contributed by atoms with Crippen molar-refractivity contribution in [3.8, 4) is 0 Å². The Morgan fingerprint density at radius 1 is 1.00 bits per heavy atom. The van der Waals surface area contributed by atoms with Crippen LogP contribution in [0.4, 0.5) is 5.69 Å². The lowest BCUT2D eigenvalue weighted by atomic mass is 10.1. The molecule has 0 aliphatic carbocycles. The maximum Gasteiger partial charge on any atom is 0.354 e. The summed E-state index contributed by atoms with van der Waals surface area (Å²) >= 11 is 0. The van der Waals surface area contributed by atoms with Crippen LogP contribution in [0.1, 0.15) is 37.8 Å². The average Bonchev–Trinajstić information content (AvgIpc) is 2.65. The number of nitrogens with zero attached hydrogens (tertiary/aromatic N) is 1. The van der Waals surface area contributed by atoms with Crippen molar-refractivity contribution in [3.63, 3.8) is 0 Å². The number of rotatable bonds is 9. The molecule has 0 bridgehead atoms. The molecule has 0 amide bonds. The highest BCUT2D eigenvalue weighted by Crippen LogP contribution is 2.12. The van der Waals surface area contributed by atoms with Crippen molar-refractivity contribution in [2.75, 3.05) is 12.0 Å². The van der Waals surface area contributed by atoms with Crippen LogP contribution in [-0.4, -0.2) is 18.3 Å². The maximum absolute atomic E-state index is 12.1. The summed E-state index contributed by atoms with van der Waals surface area (Å²) in [6.45, 7) is 4.31. The van der Waals surface area contributed by atoms with Crippen molar-refractivity contribution in [2.24, 2.45) is 5.10 Å². The molecule has 25 heavy (non-hydrogen) atoms. The quantitative estimate of drug-likeness (QED) is 0.413. The lowest BCUT2D eigenvalue weighted by molar-refractivity contribution is -0.135. The number of nitrogens with one attached hydrogen (secondary N) is 1. The number of hydrogen-bond donors (Lipinski definition) is 1. The smallest absolute Gasteiger partial charge is 0.354 e. The minimum Gasteiger partial charge on any atom is -0.461 e. The molecule has 0 heterocycles. The van der Waals surface area contributed by atoms with Gasteiger partial charge in [-0.3, -0.25) is 5.43 Å². The second kappa shape index (κ2) is 10.3. The maximum atomic E-state index is 12.1. The second-order valence-electron chi connectivity index (χ2n) is 5.85. The first kappa shape index (κ1) is 18.7. The summed E-state index contributed by atoms with van der Waals surface area (Å²) < 4.78 is 5.12. The van der Waals surface area contributed by atoms with E-state index >= 15 is 0 Å². The van der Waals surface area contributed by atoms with Crippen LogP contribution in [0.25, 0.3) is 0 Å². The molecule has 0 spiro atoms. The summed E-state index contributed by atoms with van der Waals surface area (Å²) in [6, 6.07) is 17.9. The standard InChI is InChI=1S/C21H26N2O2/c1-3-5-9-17-12-14-19(15-13-17)22-23-20(21(24)25-4-2)16-18-10-7-6-8-11-18/h6-8,10-15,22H,3-5,9,16H2,1-2H3/b23-20-. The van der Waals surface area contributed by atoms with E-state index in [4.69, 9.17) is 4.74 Å². The molecule has 4 nitrogen and oxygen atoms in total. The number of ether oxygens (including phenoxy) is 1. The molecule has 132 valence electrons. The third kappa shape index (κ3) is 6.42. The first-order valence-electron chi connectivity index (χ1n) is 8.85. The molecule has 0 saturated carbocycles. The number of benzene rings is 2. The summed E-state index contributed by atoms with van der Waals surface area (Å²) in [7, 11) is 0. The fourth-order valence-electron chi connectivity index (χ4n) is 2.42. The number of carbonyl (C=O) groups is 1. The first-order chi connectivity index (χ1) is 12.2. The zero-order valence-corrected chi connectivity index (χ0v) is 15.0. The van der Waals surface area contributed by atoms with E-state index in [0.717, 1.165) is 17.7 Å². The number of anilines is 1. The van der Waals surface area contributed by atoms with Gasteiger partial charge in [0.1, 0.15) is 5.71 Å². The number of unbranched alkanes of at least 4 members (excludes halogenated alkanes) is 1. The van der Waals surface area contributed by atoms with Gasteiger partial charge < -0.3 is 4.74 Å². The largest absolute Gasteiger partial charge is 0.461 e. The molecule has 2 aromatic carbocycles. The third-order valence-electron chi connectivity index (χ3n) is 3.82. The van der Waals surface area contributed by atoms with Crippen LogP contribution in [0.15, 0.2) is 59.7 Å². The Balaban J connectivity index is 2.06. The molecular formula is C21H26N2O2. The number of hydrazone groups is 1. The van der Waals surface area contributed by atoms with Crippen molar-refractivity contribution < 1.29 is 9.53 Å². The third-order valence-corrected chi connectivity index (χ3v) is 3.82. The van der Waals surface area contributed by atoms with Crippen LogP contribution in [0.2, 0.25) is 0 Å². The second-order valence-corrected chi connectivity index (χ2v) is 5.85. The minimum atomic E-state index is -0.390. The van der Waals surface area contributed by atoms with E-state index in [9.17, 15) is 4.79 Å². The topological polar surface area (TPSA) is 50.7 Å². The Labute approximate surface area is 149 Å². The van der Waals surface area contributed by atoms with Gasteiger partial charge in [-0.2, -0.15) is 5.10 Å². The Hall–Kier alpha value is -2.62. The number of carbonyl (C=O) groups excluding carboxylic acids is 1. The van der Waals surface area contributed by atoms with Crippen LogP contribution in [0.5, 0.6) is 0 Å². The van der Waals surface area contributed by atoms with Crippen LogP contribution >= 0.6 is 0 Å². The fraction of sp³-hybridized carbons (Fsp3) is 0.333. The Kier molecular flexibility index (Phi) is 7.70. The zero-order valence-electron chi connectivity index (χ0n) is 15.0. The number of aryl methyl sites for hydroxylation is 1. The molecule has 2 rings (SSSR count). The normalized spacial score (nSPS) is 11.2. The monoisotopic (exact) mass is 338 g/mol. The van der Waals surface area contributed by atoms with Crippen LogP contribution in [0.3, 0.4) is 0 Å². The Morgan fingerprint density at radius 3 is 2.36 bits per heavy atom. The van der Waals surface area contributed by atoms with Gasteiger partial charge in [0.2, 0.25) is 0 Å². The molecule has 0 fully saturated rings. The van der Waals surface area contributed by atoms with Gasteiger partial charge in [0.15, 0.2) is 0 Å². The predicted molar refractivity (Wildman–Crippen MR) is 103 cm³/mol. The molecule has 2 aromatic rings. The zero-order chi connectivity index (χ0) is 17.9. The van der Waals surface area contributed by atoms with Gasteiger partial charge in [-0.25, -0.2) is 4.79 Å². The highest BCUT2D eigenvalue weighted by Gasteiger charge is 2.13. The highest BCUT2D eigenvalue weighted by atomic mass is 16.5. The molecule has 0 radical (unpaired) electrons. The van der Waals surface area contributed by atoms with E-state index in [1.165, 1.54) is 18.4 Å². The highest BCUT2D eigenvalue weighted by molar-refractivity contribution is 6.37. The number of hydrogen-bond acceptors (Lipinski definition) is 4. The summed E-state index contributed by atoms with van der Waals surface area (Å²) in [5, 5.41) is 4.29. The molecule has 0 saturated heterocycles. The summed E-state index contributed by atoms with van der Waals surface area (Å²) in [4.78, 5) is 12.1. The van der Waals surface area contributed by atoms with Crippen molar-refractivity contribution in [2.45, 2.75) is 39.5 Å². The molecular weight excluding hydrogens is 312 g/mol. The Bertz CT molecular complexity index is 679. The molecule has 4 heteroatoms. The summed E-state index contributed by atoms with van der Waals surface area (Å²) in [5.41, 5.74) is 6.53. The van der Waals surface area contributed by atoms with Crippen molar-refractivity contribution in [3.05, 3.63) is 65.7 Å². The van der Waals surface area contributed by atoms with Crippen LogP contribution in [-0.2, 0) is 22.4 Å². The fourth-order valence-corrected chi connectivity index (χ4v) is 2.42. The SMILES string of the molecule is CCCCc1ccc(N/N=C(/Cc2ccccc2)C(=O)OCC)cc1.